The van der Waals surface area contributed by atoms with Crippen LogP contribution in [0.2, 0.25) is 5.02 Å². The molecule has 0 saturated carbocycles. The highest BCUT2D eigenvalue weighted by molar-refractivity contribution is 6.31. The Morgan fingerprint density at radius 3 is 2.55 bits per heavy atom. The van der Waals surface area contributed by atoms with Crippen LogP contribution in [0.1, 0.15) is 59.1 Å². The van der Waals surface area contributed by atoms with Gasteiger partial charge in [-0.3, -0.25) is 0 Å². The number of hydrogen-bond acceptors (Lipinski definition) is 2. The smallest absolute Gasteiger partial charge is 0.0534 e. The quantitative estimate of drug-likeness (QED) is 0.797. The van der Waals surface area contributed by atoms with Crippen molar-refractivity contribution in [3.8, 4) is 0 Å². The van der Waals surface area contributed by atoms with E-state index in [1.807, 2.05) is 0 Å². The summed E-state index contributed by atoms with van der Waals surface area (Å²) in [5.41, 5.74) is 5.14. The number of benzene rings is 1. The van der Waals surface area contributed by atoms with Gasteiger partial charge in [-0.25, -0.2) is 0 Å². The summed E-state index contributed by atoms with van der Waals surface area (Å²) in [4.78, 5) is 2.47. The van der Waals surface area contributed by atoms with Crippen molar-refractivity contribution in [3.63, 3.8) is 0 Å². The number of rotatable bonds is 5. The lowest BCUT2D eigenvalue weighted by Gasteiger charge is -2.43. The molecule has 1 aliphatic rings. The zero-order valence-electron chi connectivity index (χ0n) is 14.8. The Morgan fingerprint density at radius 2 is 1.95 bits per heavy atom. The molecule has 0 bridgehead atoms. The molecule has 0 atom stereocenters. The predicted molar refractivity (Wildman–Crippen MR) is 98.8 cm³/mol. The first-order chi connectivity index (χ1) is 10.3. The molecule has 0 saturated heterocycles. The van der Waals surface area contributed by atoms with Crippen LogP contribution in [-0.2, 0) is 6.54 Å². The molecule has 2 nitrogen and oxygen atoms in total. The van der Waals surface area contributed by atoms with Crippen LogP contribution in [0.5, 0.6) is 0 Å². The fraction of sp³-hybridized carbons (Fsp3) is 0.579. The highest BCUT2D eigenvalue weighted by Crippen LogP contribution is 2.41. The van der Waals surface area contributed by atoms with E-state index in [1.165, 1.54) is 22.4 Å². The topological polar surface area (TPSA) is 15.3 Å². The maximum atomic E-state index is 6.56. The third kappa shape index (κ3) is 3.49. The Hall–Kier alpha value is -0.990. The number of nitrogens with one attached hydrogen (secondary N) is 1. The highest BCUT2D eigenvalue weighted by atomic mass is 35.5. The molecule has 22 heavy (non-hydrogen) atoms. The summed E-state index contributed by atoms with van der Waals surface area (Å²) in [5.74, 6) is 0. The molecule has 1 N–H and O–H groups in total. The van der Waals surface area contributed by atoms with Gasteiger partial charge in [0, 0.05) is 35.4 Å². The fourth-order valence-corrected chi connectivity index (χ4v) is 3.45. The normalized spacial score (nSPS) is 16.7. The molecule has 3 heteroatoms. The summed E-state index contributed by atoms with van der Waals surface area (Å²) < 4.78 is 0. The van der Waals surface area contributed by atoms with Crippen LogP contribution in [0.25, 0.3) is 5.57 Å². The molecule has 1 aromatic carbocycles. The summed E-state index contributed by atoms with van der Waals surface area (Å²) in [7, 11) is 0. The SMILES string of the molecule is CCCN1c2cc(Cl)c(CNC(C)C)cc2C(C)=CC1(C)C. The van der Waals surface area contributed by atoms with Gasteiger partial charge in [-0.1, -0.05) is 38.4 Å². The zero-order chi connectivity index (χ0) is 16.5. The van der Waals surface area contributed by atoms with Crippen molar-refractivity contribution in [1.82, 2.24) is 5.32 Å². The minimum absolute atomic E-state index is 0.0358. The number of fused-ring (bicyclic) bond motifs is 1. The van der Waals surface area contributed by atoms with E-state index in [1.54, 1.807) is 0 Å². The molecule has 122 valence electrons. The van der Waals surface area contributed by atoms with Crippen molar-refractivity contribution >= 4 is 22.9 Å². The van der Waals surface area contributed by atoms with E-state index >= 15 is 0 Å². The Labute approximate surface area is 140 Å². The minimum atomic E-state index is 0.0358. The first-order valence-corrected chi connectivity index (χ1v) is 8.67. The van der Waals surface area contributed by atoms with Crippen molar-refractivity contribution < 1.29 is 0 Å². The average Bonchev–Trinajstić information content (AvgIpc) is 2.41. The number of hydrogen-bond donors (Lipinski definition) is 1. The molecule has 0 aliphatic carbocycles. The molecule has 2 rings (SSSR count). The zero-order valence-corrected chi connectivity index (χ0v) is 15.5. The largest absolute Gasteiger partial charge is 0.362 e. The molecule has 0 aromatic heterocycles. The van der Waals surface area contributed by atoms with E-state index in [-0.39, 0.29) is 5.54 Å². The minimum Gasteiger partial charge on any atom is -0.362 e. The number of allylic oxidation sites excluding steroid dienone is 1. The van der Waals surface area contributed by atoms with E-state index in [9.17, 15) is 0 Å². The van der Waals surface area contributed by atoms with Crippen LogP contribution in [0.15, 0.2) is 18.2 Å². The van der Waals surface area contributed by atoms with Crippen LogP contribution >= 0.6 is 11.6 Å². The molecular formula is C19H29ClN2. The lowest BCUT2D eigenvalue weighted by Crippen LogP contribution is -2.45. The Kier molecular flexibility index (Phi) is 5.24. The van der Waals surface area contributed by atoms with Gasteiger partial charge in [0.1, 0.15) is 0 Å². The maximum Gasteiger partial charge on any atom is 0.0534 e. The van der Waals surface area contributed by atoms with Gasteiger partial charge in [-0.05, 0) is 50.5 Å². The van der Waals surface area contributed by atoms with E-state index < -0.39 is 0 Å². The molecule has 0 radical (unpaired) electrons. The van der Waals surface area contributed by atoms with Gasteiger partial charge in [0.2, 0.25) is 0 Å². The molecule has 0 unspecified atom stereocenters. The molecule has 1 aliphatic heterocycles. The third-order valence-electron chi connectivity index (χ3n) is 4.29. The van der Waals surface area contributed by atoms with Gasteiger partial charge < -0.3 is 10.2 Å². The number of halogens is 1. The lowest BCUT2D eigenvalue weighted by molar-refractivity contribution is 0.549. The molecule has 0 spiro atoms. The number of anilines is 1. The molecule has 1 aromatic rings. The number of nitrogens with zero attached hydrogens (tertiary/aromatic N) is 1. The van der Waals surface area contributed by atoms with Crippen LogP contribution in [0, 0.1) is 0 Å². The highest BCUT2D eigenvalue weighted by Gasteiger charge is 2.31. The van der Waals surface area contributed by atoms with Crippen molar-refractivity contribution in [2.24, 2.45) is 0 Å². The first-order valence-electron chi connectivity index (χ1n) is 8.29. The van der Waals surface area contributed by atoms with E-state index in [4.69, 9.17) is 11.6 Å². The van der Waals surface area contributed by atoms with Crippen molar-refractivity contribution in [2.75, 3.05) is 11.4 Å². The van der Waals surface area contributed by atoms with Crippen molar-refractivity contribution in [1.29, 1.82) is 0 Å². The average molecular weight is 321 g/mol. The Bertz CT molecular complexity index is 573. The summed E-state index contributed by atoms with van der Waals surface area (Å²) in [6.07, 6.45) is 3.50. The standard InChI is InChI=1S/C19H29ClN2/c1-7-8-22-18-10-17(20)15(12-21-13(2)3)9-16(18)14(4)11-19(22,5)6/h9-11,13,21H,7-8,12H2,1-6H3. The summed E-state index contributed by atoms with van der Waals surface area (Å²) >= 11 is 6.56. The van der Waals surface area contributed by atoms with Gasteiger partial charge in [0.05, 0.1) is 5.54 Å². The molecule has 0 amide bonds. The van der Waals surface area contributed by atoms with Crippen LogP contribution in [0.4, 0.5) is 5.69 Å². The summed E-state index contributed by atoms with van der Waals surface area (Å²) in [6.45, 7) is 15.2. The Balaban J connectivity index is 2.46. The second kappa shape index (κ2) is 6.64. The van der Waals surface area contributed by atoms with Gasteiger partial charge in [-0.15, -0.1) is 0 Å². The lowest BCUT2D eigenvalue weighted by atomic mass is 9.87. The van der Waals surface area contributed by atoms with Gasteiger partial charge >= 0.3 is 0 Å². The Morgan fingerprint density at radius 1 is 1.27 bits per heavy atom. The molecular weight excluding hydrogens is 292 g/mol. The fourth-order valence-electron chi connectivity index (χ4n) is 3.22. The molecule has 0 fully saturated rings. The van der Waals surface area contributed by atoms with Crippen molar-refractivity contribution in [3.05, 3.63) is 34.4 Å². The van der Waals surface area contributed by atoms with Crippen LogP contribution in [-0.4, -0.2) is 18.1 Å². The monoisotopic (exact) mass is 320 g/mol. The first kappa shape index (κ1) is 17.4. The second-order valence-corrected chi connectivity index (χ2v) is 7.54. The van der Waals surface area contributed by atoms with Crippen molar-refractivity contribution in [2.45, 2.75) is 66.1 Å². The van der Waals surface area contributed by atoms with Gasteiger partial charge in [-0.2, -0.15) is 0 Å². The maximum absolute atomic E-state index is 6.56. The van der Waals surface area contributed by atoms with E-state index in [0.29, 0.717) is 6.04 Å². The molecule has 1 heterocycles. The van der Waals surface area contributed by atoms with Crippen LogP contribution in [0.3, 0.4) is 0 Å². The third-order valence-corrected chi connectivity index (χ3v) is 4.65. The van der Waals surface area contributed by atoms with E-state index in [0.717, 1.165) is 24.5 Å². The van der Waals surface area contributed by atoms with E-state index in [2.05, 4.69) is 70.0 Å². The second-order valence-electron chi connectivity index (χ2n) is 7.13. The van der Waals surface area contributed by atoms with Gasteiger partial charge in [0.25, 0.3) is 0 Å². The summed E-state index contributed by atoms with van der Waals surface area (Å²) in [5, 5.41) is 4.32. The predicted octanol–water partition coefficient (Wildman–Crippen LogP) is 5.25. The van der Waals surface area contributed by atoms with Crippen LogP contribution < -0.4 is 10.2 Å². The summed E-state index contributed by atoms with van der Waals surface area (Å²) in [6, 6.07) is 4.87. The van der Waals surface area contributed by atoms with Gasteiger partial charge in [0.15, 0.2) is 0 Å².